The van der Waals surface area contributed by atoms with E-state index in [-0.39, 0.29) is 11.9 Å². The van der Waals surface area contributed by atoms with E-state index >= 15 is 0 Å². The Morgan fingerprint density at radius 2 is 1.82 bits per heavy atom. The van der Waals surface area contributed by atoms with Gasteiger partial charge in [0, 0.05) is 23.0 Å². The zero-order valence-electron chi connectivity index (χ0n) is 21.0. The van der Waals surface area contributed by atoms with Gasteiger partial charge in [-0.1, -0.05) is 30.9 Å². The van der Waals surface area contributed by atoms with Crippen molar-refractivity contribution in [2.24, 2.45) is 4.99 Å². The van der Waals surface area contributed by atoms with Crippen molar-refractivity contribution >= 4 is 34.0 Å². The summed E-state index contributed by atoms with van der Waals surface area (Å²) >= 11 is 6.20. The summed E-state index contributed by atoms with van der Waals surface area (Å²) in [6, 6.07) is 20.2. The van der Waals surface area contributed by atoms with Crippen LogP contribution in [-0.4, -0.2) is 27.7 Å². The first kappa shape index (κ1) is 24.4. The summed E-state index contributed by atoms with van der Waals surface area (Å²) in [6.45, 7) is 0. The van der Waals surface area contributed by atoms with Crippen LogP contribution in [0, 0.1) is 5.82 Å². The summed E-state index contributed by atoms with van der Waals surface area (Å²) in [6.07, 6.45) is 7.42. The molecule has 192 valence electrons. The second-order valence-corrected chi connectivity index (χ2v) is 9.96. The number of hydrogen-bond acceptors (Lipinski definition) is 5. The highest BCUT2D eigenvalue weighted by Crippen LogP contribution is 2.32. The molecule has 0 radical (unpaired) electrons. The van der Waals surface area contributed by atoms with E-state index in [4.69, 9.17) is 26.3 Å². The summed E-state index contributed by atoms with van der Waals surface area (Å²) < 4.78 is 22.0. The molecular formula is C30H27ClFN5O. The van der Waals surface area contributed by atoms with E-state index in [0.29, 0.717) is 21.9 Å². The predicted molar refractivity (Wildman–Crippen MR) is 149 cm³/mol. The molecule has 38 heavy (non-hydrogen) atoms. The lowest BCUT2D eigenvalue weighted by Crippen LogP contribution is -2.19. The molecule has 0 bridgehead atoms. The molecule has 1 aliphatic heterocycles. The lowest BCUT2D eigenvalue weighted by Gasteiger charge is -2.22. The number of hydrogen-bond donors (Lipinski definition) is 1. The zero-order valence-corrected chi connectivity index (χ0v) is 21.8. The number of benzene rings is 3. The minimum atomic E-state index is -0.324. The third kappa shape index (κ3) is 4.82. The molecule has 1 fully saturated rings. The first-order valence-corrected chi connectivity index (χ1v) is 13.2. The molecule has 6 nitrogen and oxygen atoms in total. The Labute approximate surface area is 225 Å². The number of rotatable bonds is 5. The van der Waals surface area contributed by atoms with Gasteiger partial charge in [0.2, 0.25) is 5.88 Å². The van der Waals surface area contributed by atoms with Crippen LogP contribution in [-0.2, 0) is 0 Å². The highest BCUT2D eigenvalue weighted by atomic mass is 35.5. The van der Waals surface area contributed by atoms with Gasteiger partial charge in [0.05, 0.1) is 46.6 Å². The Morgan fingerprint density at radius 3 is 2.61 bits per heavy atom. The lowest BCUT2D eigenvalue weighted by molar-refractivity contribution is 0.400. The number of ether oxygens (including phenoxy) is 1. The third-order valence-electron chi connectivity index (χ3n) is 6.97. The quantitative estimate of drug-likeness (QED) is 0.243. The fraction of sp³-hybridized carbons (Fsp3) is 0.233. The zero-order chi connectivity index (χ0) is 26.1. The van der Waals surface area contributed by atoms with Gasteiger partial charge in [-0.25, -0.2) is 14.4 Å². The summed E-state index contributed by atoms with van der Waals surface area (Å²) in [5.74, 6) is 0.171. The van der Waals surface area contributed by atoms with Crippen molar-refractivity contribution in [2.45, 2.75) is 38.1 Å². The maximum atomic E-state index is 14.5. The van der Waals surface area contributed by atoms with E-state index < -0.39 is 0 Å². The highest BCUT2D eigenvalue weighted by Gasteiger charge is 2.19. The Balaban J connectivity index is 1.63. The SMILES string of the molecule is COc1ncccc1Nc1cc2nc3ccc(F)cc3n(-c3ccc(Cl)cc3)c-2cc1=NC1CCCCC1. The monoisotopic (exact) mass is 527 g/mol. The van der Waals surface area contributed by atoms with Gasteiger partial charge in [-0.05, 0) is 73.5 Å². The van der Waals surface area contributed by atoms with E-state index in [2.05, 4.69) is 10.3 Å². The second-order valence-electron chi connectivity index (χ2n) is 9.52. The number of nitrogens with one attached hydrogen (secondary N) is 1. The van der Waals surface area contributed by atoms with Crippen LogP contribution >= 0.6 is 11.6 Å². The first-order chi connectivity index (χ1) is 18.6. The molecule has 3 aliphatic rings. The van der Waals surface area contributed by atoms with E-state index in [1.165, 1.54) is 31.4 Å². The first-order valence-electron chi connectivity index (χ1n) is 12.8. The van der Waals surface area contributed by atoms with E-state index in [9.17, 15) is 4.39 Å². The van der Waals surface area contributed by atoms with Crippen molar-refractivity contribution < 1.29 is 9.13 Å². The van der Waals surface area contributed by atoms with Crippen LogP contribution in [0.5, 0.6) is 5.88 Å². The van der Waals surface area contributed by atoms with E-state index in [0.717, 1.165) is 46.6 Å². The number of aromatic nitrogens is 3. The molecule has 2 heterocycles. The molecule has 6 rings (SSSR count). The molecular weight excluding hydrogens is 501 g/mol. The van der Waals surface area contributed by atoms with Crippen LogP contribution in [0.15, 0.2) is 77.9 Å². The number of nitrogens with zero attached hydrogens (tertiary/aromatic N) is 4. The molecule has 0 spiro atoms. The molecule has 1 saturated carbocycles. The van der Waals surface area contributed by atoms with Crippen molar-refractivity contribution in [1.29, 1.82) is 0 Å². The smallest absolute Gasteiger partial charge is 0.237 e. The molecule has 2 aliphatic carbocycles. The van der Waals surface area contributed by atoms with Crippen LogP contribution in [0.4, 0.5) is 15.8 Å². The van der Waals surface area contributed by atoms with Crippen molar-refractivity contribution in [1.82, 2.24) is 14.5 Å². The molecule has 0 atom stereocenters. The van der Waals surface area contributed by atoms with E-state index in [1.807, 2.05) is 53.1 Å². The van der Waals surface area contributed by atoms with Gasteiger partial charge in [-0.3, -0.25) is 4.99 Å². The van der Waals surface area contributed by atoms with Crippen LogP contribution in [0.2, 0.25) is 5.02 Å². The fourth-order valence-corrected chi connectivity index (χ4v) is 5.27. The Hall–Kier alpha value is -3.97. The summed E-state index contributed by atoms with van der Waals surface area (Å²) in [4.78, 5) is 14.4. The van der Waals surface area contributed by atoms with Crippen LogP contribution in [0.25, 0.3) is 28.1 Å². The fourth-order valence-electron chi connectivity index (χ4n) is 5.14. The van der Waals surface area contributed by atoms with Crippen LogP contribution in [0.1, 0.15) is 32.1 Å². The lowest BCUT2D eigenvalue weighted by atomic mass is 9.96. The predicted octanol–water partition coefficient (Wildman–Crippen LogP) is 7.30. The van der Waals surface area contributed by atoms with Gasteiger partial charge in [-0.2, -0.15) is 0 Å². The minimum Gasteiger partial charge on any atom is -0.480 e. The average Bonchev–Trinajstić information content (AvgIpc) is 2.94. The highest BCUT2D eigenvalue weighted by molar-refractivity contribution is 6.30. The molecule has 0 saturated heterocycles. The van der Waals surface area contributed by atoms with Gasteiger partial charge in [0.15, 0.2) is 0 Å². The molecule has 1 aromatic heterocycles. The van der Waals surface area contributed by atoms with Crippen LogP contribution < -0.4 is 15.4 Å². The van der Waals surface area contributed by atoms with Gasteiger partial charge >= 0.3 is 0 Å². The summed E-state index contributed by atoms with van der Waals surface area (Å²) in [5, 5.41) is 4.94. The van der Waals surface area contributed by atoms with Gasteiger partial charge < -0.3 is 14.6 Å². The number of pyridine rings is 1. The minimum absolute atomic E-state index is 0.243. The number of fused-ring (bicyclic) bond motifs is 2. The van der Waals surface area contributed by atoms with Crippen molar-refractivity contribution in [3.8, 4) is 23.0 Å². The van der Waals surface area contributed by atoms with E-state index in [1.54, 1.807) is 19.4 Å². The maximum Gasteiger partial charge on any atom is 0.237 e. The molecule has 3 aromatic rings. The normalized spacial score (nSPS) is 14.8. The Bertz CT molecular complexity index is 1640. The summed E-state index contributed by atoms with van der Waals surface area (Å²) in [7, 11) is 1.60. The number of anilines is 2. The van der Waals surface area contributed by atoms with Gasteiger partial charge in [0.1, 0.15) is 11.5 Å². The summed E-state index contributed by atoms with van der Waals surface area (Å²) in [5.41, 5.74) is 5.31. The van der Waals surface area contributed by atoms with Gasteiger partial charge in [-0.15, -0.1) is 0 Å². The Morgan fingerprint density at radius 1 is 1.00 bits per heavy atom. The molecule has 8 heteroatoms. The van der Waals surface area contributed by atoms with Crippen LogP contribution in [0.3, 0.4) is 0 Å². The van der Waals surface area contributed by atoms with Crippen molar-refractivity contribution in [3.05, 3.63) is 89.1 Å². The number of methoxy groups -OCH3 is 1. The molecule has 1 N–H and O–H groups in total. The molecule has 0 amide bonds. The average molecular weight is 528 g/mol. The topological polar surface area (TPSA) is 64.3 Å². The Kier molecular flexibility index (Phi) is 6.68. The molecule has 0 unspecified atom stereocenters. The van der Waals surface area contributed by atoms with Crippen molar-refractivity contribution in [2.75, 3.05) is 12.4 Å². The standard InChI is InChI=1S/C30H27ClFN5O/c1-38-30-24(8-5-15-33-30)36-25-17-27-29(18-26(25)34-21-6-3-2-4-7-21)37(22-12-9-19(31)10-13-22)28-16-20(32)11-14-23(28)35-27/h5,8-18,21,36H,2-4,6-7H2,1H3. The largest absolute Gasteiger partial charge is 0.480 e. The maximum absolute atomic E-state index is 14.5. The van der Waals surface area contributed by atoms with Gasteiger partial charge in [0.25, 0.3) is 0 Å². The molecule has 2 aromatic carbocycles. The third-order valence-corrected chi connectivity index (χ3v) is 7.22. The second kappa shape index (κ2) is 10.4. The number of halogens is 2. The van der Waals surface area contributed by atoms with Crippen molar-refractivity contribution in [3.63, 3.8) is 0 Å².